The highest BCUT2D eigenvalue weighted by molar-refractivity contribution is 5.37. The molecule has 2 rings (SSSR count). The number of aliphatic hydroxyl groups is 1. The third-order valence-corrected chi connectivity index (χ3v) is 4.27. The van der Waals surface area contributed by atoms with Gasteiger partial charge in [0.2, 0.25) is 0 Å². The molecule has 2 N–H and O–H groups in total. The average molecular weight is 302 g/mol. The summed E-state index contributed by atoms with van der Waals surface area (Å²) >= 11 is 0. The van der Waals surface area contributed by atoms with Crippen LogP contribution in [-0.2, 0) is 6.61 Å². The Morgan fingerprint density at radius 2 is 1.95 bits per heavy atom. The molecule has 0 bridgehead atoms. The lowest BCUT2D eigenvalue weighted by Gasteiger charge is -2.21. The Morgan fingerprint density at radius 3 is 2.59 bits per heavy atom. The molecule has 0 amide bonds. The molecule has 0 aliphatic carbocycles. The molecular weight excluding hydrogens is 276 g/mol. The molecule has 0 aliphatic heterocycles. The van der Waals surface area contributed by atoms with Crippen LogP contribution < -0.4 is 4.74 Å². The minimum Gasteiger partial charge on any atom is -0.484 e. The van der Waals surface area contributed by atoms with E-state index in [0.29, 0.717) is 5.92 Å². The van der Waals surface area contributed by atoms with E-state index in [9.17, 15) is 5.11 Å². The van der Waals surface area contributed by atoms with Crippen LogP contribution in [0.15, 0.2) is 24.3 Å². The number of nitrogens with zero attached hydrogens (tertiary/aromatic N) is 1. The van der Waals surface area contributed by atoms with Crippen LogP contribution >= 0.6 is 0 Å². The van der Waals surface area contributed by atoms with Crippen molar-refractivity contribution in [1.29, 1.82) is 0 Å². The second-order valence-electron chi connectivity index (χ2n) is 5.73. The van der Waals surface area contributed by atoms with E-state index < -0.39 is 0 Å². The molecule has 2 atom stereocenters. The van der Waals surface area contributed by atoms with Crippen LogP contribution in [0.4, 0.5) is 0 Å². The zero-order valence-corrected chi connectivity index (χ0v) is 13.9. The van der Waals surface area contributed by atoms with Gasteiger partial charge >= 0.3 is 0 Å². The Balaban J connectivity index is 2.31. The number of hydrogen-bond donors (Lipinski definition) is 2. The van der Waals surface area contributed by atoms with Crippen molar-refractivity contribution >= 4 is 0 Å². The SMILES string of the molecule is CCC(C)c1ccccc1OC(CC)c1n[nH]c(C)c1CO. The van der Waals surface area contributed by atoms with E-state index in [2.05, 4.69) is 37.0 Å². The smallest absolute Gasteiger partial charge is 0.142 e. The Hall–Kier alpha value is -1.81. The number of hydrogen-bond acceptors (Lipinski definition) is 3. The summed E-state index contributed by atoms with van der Waals surface area (Å²) in [5, 5.41) is 16.8. The number of rotatable bonds is 7. The van der Waals surface area contributed by atoms with Crippen LogP contribution in [0.1, 0.15) is 68.1 Å². The van der Waals surface area contributed by atoms with Gasteiger partial charge in [-0.3, -0.25) is 5.10 Å². The zero-order chi connectivity index (χ0) is 16.1. The summed E-state index contributed by atoms with van der Waals surface area (Å²) in [5.74, 6) is 1.36. The molecule has 4 heteroatoms. The fourth-order valence-corrected chi connectivity index (χ4v) is 2.64. The van der Waals surface area contributed by atoms with Gasteiger partial charge in [-0.2, -0.15) is 5.10 Å². The van der Waals surface area contributed by atoms with E-state index in [-0.39, 0.29) is 12.7 Å². The van der Waals surface area contributed by atoms with E-state index in [4.69, 9.17) is 4.74 Å². The number of aromatic nitrogens is 2. The lowest BCUT2D eigenvalue weighted by Crippen LogP contribution is -2.11. The van der Waals surface area contributed by atoms with Crippen molar-refractivity contribution in [3.05, 3.63) is 46.8 Å². The largest absolute Gasteiger partial charge is 0.484 e. The number of H-pyrrole nitrogens is 1. The summed E-state index contributed by atoms with van der Waals surface area (Å²) in [7, 11) is 0. The molecule has 0 saturated heterocycles. The van der Waals surface area contributed by atoms with E-state index in [1.807, 2.05) is 25.1 Å². The van der Waals surface area contributed by atoms with Crippen molar-refractivity contribution in [3.8, 4) is 5.75 Å². The molecule has 1 aromatic heterocycles. The van der Waals surface area contributed by atoms with Gasteiger partial charge in [0.25, 0.3) is 0 Å². The highest BCUT2D eigenvalue weighted by Crippen LogP contribution is 2.33. The van der Waals surface area contributed by atoms with Crippen molar-refractivity contribution < 1.29 is 9.84 Å². The molecule has 2 unspecified atom stereocenters. The van der Waals surface area contributed by atoms with Crippen LogP contribution in [0.3, 0.4) is 0 Å². The van der Waals surface area contributed by atoms with Gasteiger partial charge in [-0.15, -0.1) is 0 Å². The fourth-order valence-electron chi connectivity index (χ4n) is 2.64. The Bertz CT molecular complexity index is 607. The van der Waals surface area contributed by atoms with Gasteiger partial charge in [0.15, 0.2) is 0 Å². The Kier molecular flexibility index (Phi) is 5.61. The second-order valence-corrected chi connectivity index (χ2v) is 5.73. The van der Waals surface area contributed by atoms with Crippen molar-refractivity contribution in [3.63, 3.8) is 0 Å². The highest BCUT2D eigenvalue weighted by Gasteiger charge is 2.21. The van der Waals surface area contributed by atoms with Gasteiger partial charge in [0, 0.05) is 11.3 Å². The first-order chi connectivity index (χ1) is 10.6. The highest BCUT2D eigenvalue weighted by atomic mass is 16.5. The summed E-state index contributed by atoms with van der Waals surface area (Å²) < 4.78 is 6.27. The summed E-state index contributed by atoms with van der Waals surface area (Å²) in [5.41, 5.74) is 3.77. The van der Waals surface area contributed by atoms with Crippen LogP contribution in [0.2, 0.25) is 0 Å². The van der Waals surface area contributed by atoms with Gasteiger partial charge in [-0.25, -0.2) is 0 Å². The second kappa shape index (κ2) is 7.45. The standard InChI is InChI=1S/C18H26N2O2/c1-5-12(3)14-9-7-8-10-17(14)22-16(6-2)18-15(11-21)13(4)19-20-18/h7-10,12,16,21H,5-6,11H2,1-4H3,(H,19,20). The minimum absolute atomic E-state index is 0.0233. The molecule has 1 heterocycles. The summed E-state index contributed by atoms with van der Waals surface area (Å²) in [6, 6.07) is 8.19. The molecule has 2 aromatic rings. The number of aromatic amines is 1. The maximum absolute atomic E-state index is 9.56. The first kappa shape index (κ1) is 16.6. The molecule has 1 aromatic carbocycles. The van der Waals surface area contributed by atoms with E-state index in [0.717, 1.165) is 35.5 Å². The molecule has 0 fully saturated rings. The third kappa shape index (κ3) is 3.33. The van der Waals surface area contributed by atoms with E-state index in [1.165, 1.54) is 5.56 Å². The first-order valence-electron chi connectivity index (χ1n) is 8.02. The molecule has 0 radical (unpaired) electrons. The molecular formula is C18H26N2O2. The maximum Gasteiger partial charge on any atom is 0.142 e. The number of para-hydroxylation sites is 1. The van der Waals surface area contributed by atoms with Crippen molar-refractivity contribution in [2.75, 3.05) is 0 Å². The first-order valence-corrected chi connectivity index (χ1v) is 8.02. The summed E-state index contributed by atoms with van der Waals surface area (Å²) in [4.78, 5) is 0. The quantitative estimate of drug-likeness (QED) is 0.803. The lowest BCUT2D eigenvalue weighted by atomic mass is 9.97. The monoisotopic (exact) mass is 302 g/mol. The third-order valence-electron chi connectivity index (χ3n) is 4.27. The number of aryl methyl sites for hydroxylation is 1. The average Bonchev–Trinajstić information content (AvgIpc) is 2.92. The molecule has 22 heavy (non-hydrogen) atoms. The molecule has 0 saturated carbocycles. The van der Waals surface area contributed by atoms with Gasteiger partial charge in [0.1, 0.15) is 17.5 Å². The normalized spacial score (nSPS) is 13.9. The Labute approximate surface area is 132 Å². The minimum atomic E-state index is -0.155. The number of aliphatic hydroxyl groups excluding tert-OH is 1. The van der Waals surface area contributed by atoms with Crippen LogP contribution in [0.5, 0.6) is 5.75 Å². The van der Waals surface area contributed by atoms with Gasteiger partial charge in [0.05, 0.1) is 6.61 Å². The number of nitrogens with one attached hydrogen (secondary N) is 1. The predicted molar refractivity (Wildman–Crippen MR) is 88.1 cm³/mol. The summed E-state index contributed by atoms with van der Waals surface area (Å²) in [6.07, 6.45) is 1.71. The van der Waals surface area contributed by atoms with E-state index >= 15 is 0 Å². The van der Waals surface area contributed by atoms with Crippen LogP contribution in [-0.4, -0.2) is 15.3 Å². The summed E-state index contributed by atoms with van der Waals surface area (Å²) in [6.45, 7) is 8.36. The number of benzene rings is 1. The van der Waals surface area contributed by atoms with Crippen molar-refractivity contribution in [2.45, 2.75) is 59.2 Å². The van der Waals surface area contributed by atoms with Gasteiger partial charge in [-0.05, 0) is 37.3 Å². The molecule has 120 valence electrons. The zero-order valence-electron chi connectivity index (χ0n) is 13.9. The van der Waals surface area contributed by atoms with Gasteiger partial charge < -0.3 is 9.84 Å². The van der Waals surface area contributed by atoms with Crippen LogP contribution in [0, 0.1) is 6.92 Å². The topological polar surface area (TPSA) is 58.1 Å². The molecule has 0 spiro atoms. The van der Waals surface area contributed by atoms with Crippen molar-refractivity contribution in [2.24, 2.45) is 0 Å². The van der Waals surface area contributed by atoms with Crippen LogP contribution in [0.25, 0.3) is 0 Å². The van der Waals surface area contributed by atoms with Gasteiger partial charge in [-0.1, -0.05) is 39.0 Å². The lowest BCUT2D eigenvalue weighted by molar-refractivity contribution is 0.188. The predicted octanol–water partition coefficient (Wildman–Crippen LogP) is 4.25. The fraction of sp³-hybridized carbons (Fsp3) is 0.500. The maximum atomic E-state index is 9.56. The van der Waals surface area contributed by atoms with Crippen molar-refractivity contribution in [1.82, 2.24) is 10.2 Å². The van der Waals surface area contributed by atoms with E-state index in [1.54, 1.807) is 0 Å². The molecule has 0 aliphatic rings. The molecule has 4 nitrogen and oxygen atoms in total. The Morgan fingerprint density at radius 1 is 1.23 bits per heavy atom. The number of ether oxygens (including phenoxy) is 1.